The number of rotatable bonds is 3. The molecule has 19 heavy (non-hydrogen) atoms. The topological polar surface area (TPSA) is 44.1 Å². The molecule has 1 aliphatic heterocycles. The van der Waals surface area contributed by atoms with E-state index >= 15 is 0 Å². The zero-order valence-corrected chi connectivity index (χ0v) is 11.0. The molecular formula is C15H17FN2O. The van der Waals surface area contributed by atoms with E-state index in [0.29, 0.717) is 17.7 Å². The first-order valence-corrected chi connectivity index (χ1v) is 6.55. The molecule has 1 heterocycles. The van der Waals surface area contributed by atoms with Crippen LogP contribution in [0.3, 0.4) is 0 Å². The molecule has 0 spiro atoms. The van der Waals surface area contributed by atoms with E-state index < -0.39 is 0 Å². The van der Waals surface area contributed by atoms with E-state index in [1.54, 1.807) is 19.1 Å². The van der Waals surface area contributed by atoms with Crippen LogP contribution in [0, 0.1) is 17.1 Å². The van der Waals surface area contributed by atoms with Crippen LogP contribution in [-0.4, -0.2) is 23.3 Å². The van der Waals surface area contributed by atoms with Gasteiger partial charge in [0, 0.05) is 12.1 Å². The number of carbonyl (C=O) groups excluding carboxylic acids is 1. The van der Waals surface area contributed by atoms with E-state index in [4.69, 9.17) is 5.26 Å². The van der Waals surface area contributed by atoms with Crippen LogP contribution >= 0.6 is 0 Å². The summed E-state index contributed by atoms with van der Waals surface area (Å²) in [5.41, 5.74) is 0.871. The molecule has 0 saturated carbocycles. The molecule has 1 aliphatic rings. The van der Waals surface area contributed by atoms with Gasteiger partial charge in [0.05, 0.1) is 17.7 Å². The van der Waals surface area contributed by atoms with Gasteiger partial charge in [-0.15, -0.1) is 0 Å². The van der Waals surface area contributed by atoms with Crippen LogP contribution in [0.1, 0.15) is 37.3 Å². The molecule has 1 aromatic rings. The minimum Gasteiger partial charge on any atom is -0.298 e. The lowest BCUT2D eigenvalue weighted by Gasteiger charge is -2.34. The van der Waals surface area contributed by atoms with E-state index in [9.17, 15) is 9.18 Å². The van der Waals surface area contributed by atoms with Crippen molar-refractivity contribution < 1.29 is 9.18 Å². The summed E-state index contributed by atoms with van der Waals surface area (Å²) in [5.74, 6) is -0.222. The monoisotopic (exact) mass is 260 g/mol. The Kier molecular flexibility index (Phi) is 4.28. The summed E-state index contributed by atoms with van der Waals surface area (Å²) in [6.45, 7) is 2.85. The van der Waals surface area contributed by atoms with Crippen LogP contribution in [0.5, 0.6) is 0 Å². The minimum atomic E-state index is -0.369. The van der Waals surface area contributed by atoms with E-state index in [0.717, 1.165) is 25.8 Å². The number of hydrogen-bond acceptors (Lipinski definition) is 3. The van der Waals surface area contributed by atoms with Gasteiger partial charge in [0.1, 0.15) is 11.6 Å². The second-order valence-corrected chi connectivity index (χ2v) is 5.01. The predicted octanol–water partition coefficient (Wildman–Crippen LogP) is 2.64. The molecule has 1 unspecified atom stereocenters. The number of piperidine rings is 1. The van der Waals surface area contributed by atoms with Gasteiger partial charge in [-0.2, -0.15) is 5.26 Å². The third kappa shape index (κ3) is 3.18. The van der Waals surface area contributed by atoms with Gasteiger partial charge in [-0.05, 0) is 38.4 Å². The van der Waals surface area contributed by atoms with Gasteiger partial charge < -0.3 is 0 Å². The lowest BCUT2D eigenvalue weighted by atomic mass is 9.98. The molecule has 0 radical (unpaired) electrons. The summed E-state index contributed by atoms with van der Waals surface area (Å²) >= 11 is 0. The highest BCUT2D eigenvalue weighted by molar-refractivity contribution is 5.81. The Morgan fingerprint density at radius 1 is 1.53 bits per heavy atom. The van der Waals surface area contributed by atoms with E-state index in [1.807, 2.05) is 11.0 Å². The van der Waals surface area contributed by atoms with Crippen molar-refractivity contribution in [1.29, 1.82) is 5.26 Å². The molecule has 3 nitrogen and oxygen atoms in total. The lowest BCUT2D eigenvalue weighted by Crippen LogP contribution is -2.43. The van der Waals surface area contributed by atoms with Crippen LogP contribution in [0.25, 0.3) is 0 Å². The second kappa shape index (κ2) is 5.94. The Bertz CT molecular complexity index is 521. The van der Waals surface area contributed by atoms with Crippen LogP contribution < -0.4 is 0 Å². The third-order valence-corrected chi connectivity index (χ3v) is 3.64. The first-order valence-electron chi connectivity index (χ1n) is 6.55. The highest BCUT2D eigenvalue weighted by Crippen LogP contribution is 2.21. The Balaban J connectivity index is 2.15. The molecule has 1 saturated heterocycles. The number of hydrogen-bond donors (Lipinski definition) is 0. The molecule has 1 aromatic carbocycles. The van der Waals surface area contributed by atoms with E-state index in [2.05, 4.69) is 0 Å². The molecule has 0 aliphatic carbocycles. The summed E-state index contributed by atoms with van der Waals surface area (Å²) in [6, 6.07) is 6.33. The van der Waals surface area contributed by atoms with Crippen molar-refractivity contribution in [1.82, 2.24) is 4.90 Å². The molecule has 0 amide bonds. The molecular weight excluding hydrogens is 243 g/mol. The average molecular weight is 260 g/mol. The Morgan fingerprint density at radius 3 is 2.95 bits per heavy atom. The fraction of sp³-hybridized carbons (Fsp3) is 0.467. The molecule has 2 rings (SSSR count). The highest BCUT2D eigenvalue weighted by atomic mass is 19.1. The van der Waals surface area contributed by atoms with Gasteiger partial charge in [0.2, 0.25) is 0 Å². The van der Waals surface area contributed by atoms with Gasteiger partial charge in [-0.25, -0.2) is 4.39 Å². The average Bonchev–Trinajstić information content (AvgIpc) is 2.41. The summed E-state index contributed by atoms with van der Waals surface area (Å²) < 4.78 is 13.9. The van der Waals surface area contributed by atoms with Crippen molar-refractivity contribution in [2.24, 2.45) is 0 Å². The Hall–Kier alpha value is -1.73. The van der Waals surface area contributed by atoms with Crippen molar-refractivity contribution in [3.05, 3.63) is 35.1 Å². The van der Waals surface area contributed by atoms with Crippen LogP contribution in [0.2, 0.25) is 0 Å². The maximum Gasteiger partial charge on any atom is 0.146 e. The highest BCUT2D eigenvalue weighted by Gasteiger charge is 2.26. The van der Waals surface area contributed by atoms with Gasteiger partial charge >= 0.3 is 0 Å². The quantitative estimate of drug-likeness (QED) is 0.839. The van der Waals surface area contributed by atoms with Gasteiger partial charge in [-0.1, -0.05) is 12.5 Å². The zero-order chi connectivity index (χ0) is 13.8. The second-order valence-electron chi connectivity index (χ2n) is 5.01. The number of nitriles is 1. The summed E-state index contributed by atoms with van der Waals surface area (Å²) in [7, 11) is 0. The Labute approximate surface area is 112 Å². The summed E-state index contributed by atoms with van der Waals surface area (Å²) in [4.78, 5) is 13.6. The molecule has 0 N–H and O–H groups in total. The summed E-state index contributed by atoms with van der Waals surface area (Å²) in [5, 5.41) is 8.72. The first kappa shape index (κ1) is 13.7. The standard InChI is InChI=1S/C15H17FN2O/c1-11(19)15-4-2-3-7-18(15)10-13-6-5-12(9-17)8-14(13)16/h5-6,8,15H,2-4,7,10H2,1H3. The van der Waals surface area contributed by atoms with Gasteiger partial charge in [0.15, 0.2) is 0 Å². The molecule has 0 bridgehead atoms. The molecule has 1 fully saturated rings. The number of ketones is 1. The van der Waals surface area contributed by atoms with Crippen molar-refractivity contribution >= 4 is 5.78 Å². The fourth-order valence-corrected chi connectivity index (χ4v) is 2.60. The van der Waals surface area contributed by atoms with Crippen molar-refractivity contribution in [2.75, 3.05) is 6.54 Å². The van der Waals surface area contributed by atoms with Crippen LogP contribution in [0.15, 0.2) is 18.2 Å². The smallest absolute Gasteiger partial charge is 0.146 e. The van der Waals surface area contributed by atoms with Gasteiger partial charge in [-0.3, -0.25) is 9.69 Å². The number of nitrogens with zero attached hydrogens (tertiary/aromatic N) is 2. The van der Waals surface area contributed by atoms with Crippen LogP contribution in [0.4, 0.5) is 4.39 Å². The van der Waals surface area contributed by atoms with E-state index in [-0.39, 0.29) is 17.6 Å². The number of halogens is 1. The van der Waals surface area contributed by atoms with E-state index in [1.165, 1.54) is 6.07 Å². The number of benzene rings is 1. The number of Topliss-reactive ketones (excluding diaryl/α,β-unsaturated/α-hetero) is 1. The fourth-order valence-electron chi connectivity index (χ4n) is 2.60. The Morgan fingerprint density at radius 2 is 2.32 bits per heavy atom. The van der Waals surface area contributed by atoms with Crippen molar-refractivity contribution in [2.45, 2.75) is 38.8 Å². The third-order valence-electron chi connectivity index (χ3n) is 3.64. The predicted molar refractivity (Wildman–Crippen MR) is 69.8 cm³/mol. The molecule has 1 atom stereocenters. The van der Waals surface area contributed by atoms with Crippen LogP contribution in [-0.2, 0) is 11.3 Å². The SMILES string of the molecule is CC(=O)C1CCCCN1Cc1ccc(C#N)cc1F. The van der Waals surface area contributed by atoms with Crippen molar-refractivity contribution in [3.8, 4) is 6.07 Å². The number of carbonyl (C=O) groups is 1. The molecule has 4 heteroatoms. The lowest BCUT2D eigenvalue weighted by molar-refractivity contribution is -0.123. The largest absolute Gasteiger partial charge is 0.298 e. The molecule has 0 aromatic heterocycles. The minimum absolute atomic E-state index is 0.0937. The maximum atomic E-state index is 13.9. The zero-order valence-electron chi connectivity index (χ0n) is 11.0. The molecule has 100 valence electrons. The normalized spacial score (nSPS) is 19.9. The first-order chi connectivity index (χ1) is 9.11. The number of likely N-dealkylation sites (tertiary alicyclic amines) is 1. The maximum absolute atomic E-state index is 13.9. The van der Waals surface area contributed by atoms with Crippen molar-refractivity contribution in [3.63, 3.8) is 0 Å². The summed E-state index contributed by atoms with van der Waals surface area (Å²) in [6.07, 6.45) is 2.95. The van der Waals surface area contributed by atoms with Gasteiger partial charge in [0.25, 0.3) is 0 Å².